The molecule has 1 saturated heterocycles. The van der Waals surface area contributed by atoms with E-state index in [-0.39, 0.29) is 5.54 Å². The first kappa shape index (κ1) is 19.1. The minimum atomic E-state index is 0.0279. The number of rotatable bonds is 4. The van der Waals surface area contributed by atoms with E-state index in [2.05, 4.69) is 53.4 Å². The zero-order valence-corrected chi connectivity index (χ0v) is 16.2. The van der Waals surface area contributed by atoms with Crippen molar-refractivity contribution >= 4 is 17.6 Å². The Kier molecular flexibility index (Phi) is 6.93. The van der Waals surface area contributed by atoms with Crippen LogP contribution in [0.25, 0.3) is 0 Å². The smallest absolute Gasteiger partial charge is 0.191 e. The first-order chi connectivity index (χ1) is 11.4. The van der Waals surface area contributed by atoms with Crippen LogP contribution < -0.4 is 10.6 Å². The van der Waals surface area contributed by atoms with Gasteiger partial charge in [0.05, 0.1) is 0 Å². The van der Waals surface area contributed by atoms with Gasteiger partial charge >= 0.3 is 0 Å². The van der Waals surface area contributed by atoms with Crippen LogP contribution in [-0.2, 0) is 6.54 Å². The van der Waals surface area contributed by atoms with E-state index in [0.717, 1.165) is 37.2 Å². The summed E-state index contributed by atoms with van der Waals surface area (Å²) in [5.74, 6) is 1.59. The van der Waals surface area contributed by atoms with Crippen molar-refractivity contribution in [3.05, 3.63) is 34.9 Å². The highest BCUT2D eigenvalue weighted by atomic mass is 35.5. The van der Waals surface area contributed by atoms with Crippen molar-refractivity contribution in [2.24, 2.45) is 10.9 Å². The second-order valence-corrected chi connectivity index (χ2v) is 8.05. The molecule has 1 fully saturated rings. The van der Waals surface area contributed by atoms with E-state index in [1.165, 1.54) is 18.4 Å². The normalized spacial score (nSPS) is 17.8. The summed E-state index contributed by atoms with van der Waals surface area (Å²) in [6, 6.07) is 8.15. The fraction of sp³-hybridized carbons (Fsp3) is 0.632. The lowest BCUT2D eigenvalue weighted by atomic mass is 9.96. The molecule has 1 aromatic carbocycles. The Balaban J connectivity index is 1.74. The van der Waals surface area contributed by atoms with Crippen molar-refractivity contribution in [3.63, 3.8) is 0 Å². The number of benzene rings is 1. The predicted molar refractivity (Wildman–Crippen MR) is 104 cm³/mol. The van der Waals surface area contributed by atoms with Gasteiger partial charge in [-0.05, 0) is 64.3 Å². The van der Waals surface area contributed by atoms with Crippen molar-refractivity contribution in [2.75, 3.05) is 26.7 Å². The monoisotopic (exact) mass is 350 g/mol. The summed E-state index contributed by atoms with van der Waals surface area (Å²) in [7, 11) is 1.83. The van der Waals surface area contributed by atoms with Gasteiger partial charge in [0.25, 0.3) is 0 Å². The highest BCUT2D eigenvalue weighted by Gasteiger charge is 2.20. The molecule has 0 spiro atoms. The lowest BCUT2D eigenvalue weighted by Gasteiger charge is -2.33. The molecule has 1 aromatic rings. The average Bonchev–Trinajstić information content (AvgIpc) is 2.54. The Morgan fingerprint density at radius 3 is 2.50 bits per heavy atom. The molecule has 2 N–H and O–H groups in total. The highest BCUT2D eigenvalue weighted by molar-refractivity contribution is 6.31. The molecular weight excluding hydrogens is 320 g/mol. The van der Waals surface area contributed by atoms with E-state index in [4.69, 9.17) is 11.6 Å². The summed E-state index contributed by atoms with van der Waals surface area (Å²) in [5.41, 5.74) is 1.26. The Morgan fingerprint density at radius 1 is 1.25 bits per heavy atom. The molecule has 0 radical (unpaired) electrons. The molecule has 5 heteroatoms. The Labute approximate surface area is 151 Å². The number of halogens is 1. The van der Waals surface area contributed by atoms with Crippen LogP contribution in [0.5, 0.6) is 0 Å². The molecule has 1 aliphatic heterocycles. The maximum absolute atomic E-state index is 6.27. The van der Waals surface area contributed by atoms with Gasteiger partial charge in [-0.25, -0.2) is 0 Å². The number of nitrogens with zero attached hydrogens (tertiary/aromatic N) is 2. The quantitative estimate of drug-likeness (QED) is 0.644. The van der Waals surface area contributed by atoms with Gasteiger partial charge in [0.2, 0.25) is 0 Å². The molecule has 0 saturated carbocycles. The van der Waals surface area contributed by atoms with Crippen LogP contribution in [0.2, 0.25) is 5.02 Å². The topological polar surface area (TPSA) is 39.7 Å². The minimum absolute atomic E-state index is 0.0279. The van der Waals surface area contributed by atoms with E-state index in [9.17, 15) is 0 Å². The summed E-state index contributed by atoms with van der Waals surface area (Å²) in [6.45, 7) is 10.6. The van der Waals surface area contributed by atoms with E-state index in [1.54, 1.807) is 0 Å². The van der Waals surface area contributed by atoms with Crippen LogP contribution in [0.15, 0.2) is 29.3 Å². The first-order valence-electron chi connectivity index (χ1n) is 8.82. The molecule has 0 unspecified atom stereocenters. The molecule has 0 atom stereocenters. The maximum Gasteiger partial charge on any atom is 0.191 e. The van der Waals surface area contributed by atoms with Crippen LogP contribution >= 0.6 is 11.6 Å². The summed E-state index contributed by atoms with van der Waals surface area (Å²) in [4.78, 5) is 6.81. The van der Waals surface area contributed by atoms with Gasteiger partial charge in [-0.2, -0.15) is 0 Å². The fourth-order valence-electron chi connectivity index (χ4n) is 2.99. The average molecular weight is 351 g/mol. The van der Waals surface area contributed by atoms with Crippen LogP contribution in [0.3, 0.4) is 0 Å². The van der Waals surface area contributed by atoms with Gasteiger partial charge in [-0.15, -0.1) is 0 Å². The van der Waals surface area contributed by atoms with Crippen LogP contribution in [-0.4, -0.2) is 43.1 Å². The third-order valence-corrected chi connectivity index (χ3v) is 4.70. The third kappa shape index (κ3) is 6.33. The molecule has 1 aliphatic rings. The summed E-state index contributed by atoms with van der Waals surface area (Å²) < 4.78 is 0. The van der Waals surface area contributed by atoms with E-state index >= 15 is 0 Å². The summed E-state index contributed by atoms with van der Waals surface area (Å²) >= 11 is 6.27. The Bertz CT molecular complexity index is 543. The lowest BCUT2D eigenvalue weighted by Crippen LogP contribution is -2.49. The fourth-order valence-corrected chi connectivity index (χ4v) is 3.19. The van der Waals surface area contributed by atoms with E-state index < -0.39 is 0 Å². The molecule has 134 valence electrons. The van der Waals surface area contributed by atoms with E-state index in [1.807, 2.05) is 19.2 Å². The molecular formula is C19H31ClN4. The zero-order valence-electron chi connectivity index (χ0n) is 15.4. The van der Waals surface area contributed by atoms with Gasteiger partial charge in [0, 0.05) is 30.7 Å². The SMILES string of the molecule is CN=C(NCC1CCN(Cc2ccccc2Cl)CC1)NC(C)(C)C. The number of hydrogen-bond acceptors (Lipinski definition) is 2. The van der Waals surface area contributed by atoms with Gasteiger partial charge in [-0.1, -0.05) is 29.8 Å². The van der Waals surface area contributed by atoms with Crippen LogP contribution in [0.1, 0.15) is 39.2 Å². The second kappa shape index (κ2) is 8.72. The van der Waals surface area contributed by atoms with Crippen molar-refractivity contribution < 1.29 is 0 Å². The Hall–Kier alpha value is -1.26. The molecule has 1 heterocycles. The summed E-state index contributed by atoms with van der Waals surface area (Å²) in [6.07, 6.45) is 2.42. The molecule has 0 aliphatic carbocycles. The van der Waals surface area contributed by atoms with Crippen molar-refractivity contribution in [2.45, 2.75) is 45.7 Å². The molecule has 0 aromatic heterocycles. The lowest BCUT2D eigenvalue weighted by molar-refractivity contribution is 0.178. The highest BCUT2D eigenvalue weighted by Crippen LogP contribution is 2.21. The number of likely N-dealkylation sites (tertiary alicyclic amines) is 1. The van der Waals surface area contributed by atoms with Crippen molar-refractivity contribution in [3.8, 4) is 0 Å². The largest absolute Gasteiger partial charge is 0.356 e. The standard InChI is InChI=1S/C19H31ClN4/c1-19(2,3)23-18(21-4)22-13-15-9-11-24(12-10-15)14-16-7-5-6-8-17(16)20/h5-8,15H,9-14H2,1-4H3,(H2,21,22,23). The zero-order chi connectivity index (χ0) is 17.6. The number of nitrogens with one attached hydrogen (secondary N) is 2. The number of guanidine groups is 1. The van der Waals surface area contributed by atoms with Gasteiger partial charge in [-0.3, -0.25) is 9.89 Å². The molecule has 4 nitrogen and oxygen atoms in total. The third-order valence-electron chi connectivity index (χ3n) is 4.33. The van der Waals surface area contributed by atoms with E-state index in [0.29, 0.717) is 5.92 Å². The van der Waals surface area contributed by atoms with Gasteiger partial charge < -0.3 is 10.6 Å². The van der Waals surface area contributed by atoms with Gasteiger partial charge in [0.1, 0.15) is 0 Å². The second-order valence-electron chi connectivity index (χ2n) is 7.64. The molecule has 2 rings (SSSR count). The van der Waals surface area contributed by atoms with Gasteiger partial charge in [0.15, 0.2) is 5.96 Å². The maximum atomic E-state index is 6.27. The minimum Gasteiger partial charge on any atom is -0.356 e. The first-order valence-corrected chi connectivity index (χ1v) is 9.20. The number of aliphatic imine (C=N–C) groups is 1. The Morgan fingerprint density at radius 2 is 1.92 bits per heavy atom. The predicted octanol–water partition coefficient (Wildman–Crippen LogP) is 3.52. The molecule has 0 bridgehead atoms. The van der Waals surface area contributed by atoms with Crippen molar-refractivity contribution in [1.29, 1.82) is 0 Å². The van der Waals surface area contributed by atoms with Crippen molar-refractivity contribution in [1.82, 2.24) is 15.5 Å². The van der Waals surface area contributed by atoms with Crippen LogP contribution in [0.4, 0.5) is 0 Å². The molecule has 24 heavy (non-hydrogen) atoms. The number of piperidine rings is 1. The summed E-state index contributed by atoms with van der Waals surface area (Å²) in [5, 5.41) is 7.75. The van der Waals surface area contributed by atoms with Crippen LogP contribution in [0, 0.1) is 5.92 Å². The number of hydrogen-bond donors (Lipinski definition) is 2. The molecule has 0 amide bonds.